The van der Waals surface area contributed by atoms with E-state index in [2.05, 4.69) is 48.3 Å². The maximum atomic E-state index is 3.44. The average Bonchev–Trinajstić information content (AvgIpc) is 3.04. The van der Waals surface area contributed by atoms with Crippen LogP contribution >= 0.6 is 0 Å². The van der Waals surface area contributed by atoms with Gasteiger partial charge >= 0.3 is 0 Å². The molecule has 4 nitrogen and oxygen atoms in total. The third-order valence-electron chi connectivity index (χ3n) is 4.40. The second-order valence-electron chi connectivity index (χ2n) is 6.84. The number of fused-ring (bicyclic) bond motifs is 2. The first-order chi connectivity index (χ1) is 9.47. The fraction of sp³-hybridized carbons (Fsp3) is 1.00. The van der Waals surface area contributed by atoms with Gasteiger partial charge in [0.2, 0.25) is 0 Å². The van der Waals surface area contributed by atoms with Gasteiger partial charge in [-0.05, 0) is 34.2 Å². The Bertz CT molecular complexity index is 254. The van der Waals surface area contributed by atoms with Crippen molar-refractivity contribution in [3.05, 3.63) is 0 Å². The van der Waals surface area contributed by atoms with Gasteiger partial charge in [0.25, 0.3) is 0 Å². The van der Waals surface area contributed by atoms with Crippen molar-refractivity contribution >= 4 is 0 Å². The van der Waals surface area contributed by atoms with Crippen LogP contribution in [0, 0.1) is 0 Å². The summed E-state index contributed by atoms with van der Waals surface area (Å²) in [6, 6.07) is 1.69. The number of likely N-dealkylation sites (tertiary alicyclic amines) is 1. The van der Waals surface area contributed by atoms with Crippen molar-refractivity contribution in [2.45, 2.75) is 73.5 Å². The second-order valence-corrected chi connectivity index (χ2v) is 6.84. The van der Waals surface area contributed by atoms with Crippen LogP contribution in [0.25, 0.3) is 0 Å². The van der Waals surface area contributed by atoms with Crippen LogP contribution in [0.3, 0.4) is 0 Å². The number of nitrogens with zero attached hydrogens (tertiary/aromatic N) is 2. The zero-order valence-corrected chi connectivity index (χ0v) is 14.5. The fourth-order valence-corrected chi connectivity index (χ4v) is 3.11. The Morgan fingerprint density at radius 3 is 1.77 bits per heavy atom. The first kappa shape index (κ1) is 24.1. The first-order valence-corrected chi connectivity index (χ1v) is 8.36. The lowest BCUT2D eigenvalue weighted by molar-refractivity contribution is 0.119. The molecule has 136 valence electrons. The third kappa shape index (κ3) is 7.40. The van der Waals surface area contributed by atoms with E-state index in [0.29, 0.717) is 5.54 Å². The van der Waals surface area contributed by atoms with Crippen LogP contribution in [0.2, 0.25) is 0 Å². The lowest BCUT2D eigenvalue weighted by Crippen LogP contribution is -2.51. The van der Waals surface area contributed by atoms with Gasteiger partial charge in [0.1, 0.15) is 0 Å². The summed E-state index contributed by atoms with van der Waals surface area (Å²) >= 11 is 0. The molecule has 0 radical (unpaired) electrons. The SMILES string of the molecule is C.C.CC.CC(C)(C)N1CCNCC1.CN1CC2CC1CN2. The van der Waals surface area contributed by atoms with Gasteiger partial charge in [-0.1, -0.05) is 28.7 Å². The molecule has 2 atom stereocenters. The van der Waals surface area contributed by atoms with Crippen LogP contribution in [-0.2, 0) is 0 Å². The van der Waals surface area contributed by atoms with Gasteiger partial charge in [-0.25, -0.2) is 0 Å². The van der Waals surface area contributed by atoms with Gasteiger partial charge in [-0.3, -0.25) is 4.90 Å². The van der Waals surface area contributed by atoms with Crippen molar-refractivity contribution in [1.82, 2.24) is 20.4 Å². The molecule has 3 fully saturated rings. The van der Waals surface area contributed by atoms with Crippen LogP contribution < -0.4 is 10.6 Å². The van der Waals surface area contributed by atoms with Crippen LogP contribution in [0.1, 0.15) is 55.9 Å². The van der Waals surface area contributed by atoms with Crippen molar-refractivity contribution in [3.8, 4) is 0 Å². The Kier molecular flexibility index (Phi) is 12.5. The van der Waals surface area contributed by atoms with Gasteiger partial charge in [-0.2, -0.15) is 0 Å². The number of rotatable bonds is 0. The maximum Gasteiger partial charge on any atom is 0.0233 e. The molecular formula is C18H44N4. The van der Waals surface area contributed by atoms with Crippen LogP contribution in [0.4, 0.5) is 0 Å². The lowest BCUT2D eigenvalue weighted by atomic mass is 10.1. The van der Waals surface area contributed by atoms with E-state index < -0.39 is 0 Å². The van der Waals surface area contributed by atoms with Gasteiger partial charge in [0, 0.05) is 56.9 Å². The molecule has 0 aliphatic carbocycles. The van der Waals surface area contributed by atoms with E-state index in [1.165, 1.54) is 32.6 Å². The molecule has 0 aromatic rings. The van der Waals surface area contributed by atoms with E-state index in [4.69, 9.17) is 0 Å². The molecule has 3 aliphatic heterocycles. The van der Waals surface area contributed by atoms with E-state index in [1.807, 2.05) is 13.8 Å². The van der Waals surface area contributed by atoms with Crippen LogP contribution in [0.5, 0.6) is 0 Å². The summed E-state index contributed by atoms with van der Waals surface area (Å²) in [7, 11) is 2.21. The number of likely N-dealkylation sites (N-methyl/N-ethyl adjacent to an activating group) is 1. The molecule has 3 rings (SSSR count). The topological polar surface area (TPSA) is 30.5 Å². The minimum absolute atomic E-state index is 0. The molecule has 3 saturated heterocycles. The number of piperazine rings is 2. The summed E-state index contributed by atoms with van der Waals surface area (Å²) in [4.78, 5) is 4.96. The Labute approximate surface area is 141 Å². The highest BCUT2D eigenvalue weighted by atomic mass is 15.3. The van der Waals surface area contributed by atoms with E-state index in [1.54, 1.807) is 0 Å². The summed E-state index contributed by atoms with van der Waals surface area (Å²) in [5, 5.41) is 6.79. The Morgan fingerprint density at radius 1 is 1.00 bits per heavy atom. The van der Waals surface area contributed by atoms with Gasteiger partial charge in [-0.15, -0.1) is 0 Å². The van der Waals surface area contributed by atoms with Crippen LogP contribution in [-0.4, -0.2) is 73.7 Å². The average molecular weight is 317 g/mol. The quantitative estimate of drug-likeness (QED) is 0.719. The van der Waals surface area contributed by atoms with E-state index >= 15 is 0 Å². The predicted molar refractivity (Wildman–Crippen MR) is 102 cm³/mol. The van der Waals surface area contributed by atoms with Crippen molar-refractivity contribution in [2.24, 2.45) is 0 Å². The second kappa shape index (κ2) is 11.4. The highest BCUT2D eigenvalue weighted by molar-refractivity contribution is 4.95. The summed E-state index contributed by atoms with van der Waals surface area (Å²) in [6.07, 6.45) is 1.39. The van der Waals surface area contributed by atoms with Crippen molar-refractivity contribution in [1.29, 1.82) is 0 Å². The summed E-state index contributed by atoms with van der Waals surface area (Å²) in [5.74, 6) is 0. The summed E-state index contributed by atoms with van der Waals surface area (Å²) in [6.45, 7) is 18.0. The minimum Gasteiger partial charge on any atom is -0.314 e. The molecule has 0 aromatic carbocycles. The normalized spacial score (nSPS) is 27.5. The molecule has 0 spiro atoms. The van der Waals surface area contributed by atoms with E-state index in [9.17, 15) is 0 Å². The van der Waals surface area contributed by atoms with Crippen molar-refractivity contribution in [2.75, 3.05) is 46.3 Å². The highest BCUT2D eigenvalue weighted by Gasteiger charge is 2.34. The first-order valence-electron chi connectivity index (χ1n) is 8.36. The largest absolute Gasteiger partial charge is 0.314 e. The zero-order valence-electron chi connectivity index (χ0n) is 14.5. The molecule has 4 heteroatoms. The molecule has 3 aliphatic rings. The van der Waals surface area contributed by atoms with Gasteiger partial charge in [0.05, 0.1) is 0 Å². The maximum absolute atomic E-state index is 3.44. The standard InChI is InChI=1S/C8H18N2.C6H12N2.C2H6.2CH4/c1-8(2,3)10-6-4-9-5-7-10;1-8-4-5-2-6(8)3-7-5;1-2;;/h9H,4-7H2,1-3H3;5-7H,2-4H2,1H3;1-2H3;2*1H4. The molecule has 0 saturated carbocycles. The molecule has 22 heavy (non-hydrogen) atoms. The molecule has 2 bridgehead atoms. The molecule has 2 N–H and O–H groups in total. The van der Waals surface area contributed by atoms with E-state index in [0.717, 1.165) is 25.2 Å². The molecule has 2 unspecified atom stereocenters. The van der Waals surface area contributed by atoms with E-state index in [-0.39, 0.29) is 14.9 Å². The Morgan fingerprint density at radius 2 is 1.55 bits per heavy atom. The predicted octanol–water partition coefficient (Wildman–Crippen LogP) is 2.65. The molecular weight excluding hydrogens is 272 g/mol. The van der Waals surface area contributed by atoms with Gasteiger partial charge in [0.15, 0.2) is 0 Å². The number of hydrogen-bond donors (Lipinski definition) is 2. The highest BCUT2D eigenvalue weighted by Crippen LogP contribution is 2.20. The smallest absolute Gasteiger partial charge is 0.0233 e. The van der Waals surface area contributed by atoms with Crippen LogP contribution in [0.15, 0.2) is 0 Å². The Hall–Kier alpha value is -0.160. The number of nitrogens with one attached hydrogen (secondary N) is 2. The molecule has 0 amide bonds. The zero-order chi connectivity index (χ0) is 15.2. The van der Waals surface area contributed by atoms with Gasteiger partial charge < -0.3 is 15.5 Å². The third-order valence-corrected chi connectivity index (χ3v) is 4.40. The van der Waals surface area contributed by atoms with Crippen molar-refractivity contribution < 1.29 is 0 Å². The minimum atomic E-state index is 0. The number of hydrogen-bond acceptors (Lipinski definition) is 4. The Balaban J connectivity index is 0. The lowest BCUT2D eigenvalue weighted by Gasteiger charge is -2.38. The molecule has 3 heterocycles. The monoisotopic (exact) mass is 316 g/mol. The summed E-state index contributed by atoms with van der Waals surface area (Å²) < 4.78 is 0. The summed E-state index contributed by atoms with van der Waals surface area (Å²) in [5.41, 5.74) is 0.363. The molecule has 0 aromatic heterocycles. The fourth-order valence-electron chi connectivity index (χ4n) is 3.11. The van der Waals surface area contributed by atoms with Crippen molar-refractivity contribution in [3.63, 3.8) is 0 Å².